The minimum Gasteiger partial charge on any atom is -0.478 e. The molecule has 1 atom stereocenters. The van der Waals surface area contributed by atoms with Crippen molar-refractivity contribution in [2.24, 2.45) is 0 Å². The summed E-state index contributed by atoms with van der Waals surface area (Å²) in [7, 11) is 0. The molecule has 4 rings (SSSR count). The summed E-state index contributed by atoms with van der Waals surface area (Å²) in [6.45, 7) is 4.75. The maximum Gasteiger partial charge on any atom is 0.335 e. The van der Waals surface area contributed by atoms with Crippen molar-refractivity contribution in [1.82, 2.24) is 19.5 Å². The fourth-order valence-corrected chi connectivity index (χ4v) is 4.11. The second-order valence-electron chi connectivity index (χ2n) is 7.98. The van der Waals surface area contributed by atoms with Crippen LogP contribution in [0, 0.1) is 5.82 Å². The second-order valence-corrected chi connectivity index (χ2v) is 7.98. The summed E-state index contributed by atoms with van der Waals surface area (Å²) < 4.78 is 16.2. The number of aryl methyl sites for hydroxylation is 1. The van der Waals surface area contributed by atoms with Crippen LogP contribution in [-0.4, -0.2) is 49.1 Å². The van der Waals surface area contributed by atoms with E-state index in [0.717, 1.165) is 44.0 Å². The molecule has 31 heavy (non-hydrogen) atoms. The van der Waals surface area contributed by atoms with E-state index in [1.807, 2.05) is 11.8 Å². The molecule has 3 heterocycles. The monoisotopic (exact) mass is 424 g/mol. The number of carbonyl (C=O) groups is 2. The molecule has 0 aliphatic carbocycles. The lowest BCUT2D eigenvalue weighted by molar-refractivity contribution is 0.0684. The first-order valence-corrected chi connectivity index (χ1v) is 10.6. The van der Waals surface area contributed by atoms with Crippen LogP contribution in [0.4, 0.5) is 4.39 Å². The van der Waals surface area contributed by atoms with Crippen LogP contribution in [0.15, 0.2) is 30.3 Å². The van der Waals surface area contributed by atoms with Crippen LogP contribution in [0.1, 0.15) is 66.1 Å². The van der Waals surface area contributed by atoms with Crippen LogP contribution < -0.4 is 0 Å². The van der Waals surface area contributed by atoms with Gasteiger partial charge in [0.1, 0.15) is 11.5 Å². The van der Waals surface area contributed by atoms with Gasteiger partial charge in [0.2, 0.25) is 0 Å². The van der Waals surface area contributed by atoms with Gasteiger partial charge in [0.15, 0.2) is 5.65 Å². The first-order valence-electron chi connectivity index (χ1n) is 10.6. The number of carbonyl (C=O) groups excluding carboxylic acids is 1. The van der Waals surface area contributed by atoms with E-state index in [4.69, 9.17) is 5.11 Å². The Morgan fingerprint density at radius 2 is 2.00 bits per heavy atom. The Kier molecular flexibility index (Phi) is 5.71. The topological polar surface area (TPSA) is 87.8 Å². The molecule has 1 fully saturated rings. The summed E-state index contributed by atoms with van der Waals surface area (Å²) in [6, 6.07) is 7.27. The molecule has 1 aromatic carbocycles. The Labute approximate surface area is 179 Å². The summed E-state index contributed by atoms with van der Waals surface area (Å²) in [5.74, 6) is -1.95. The van der Waals surface area contributed by atoms with Gasteiger partial charge in [0, 0.05) is 29.9 Å². The van der Waals surface area contributed by atoms with Crippen LogP contribution in [0.2, 0.25) is 0 Å². The number of fused-ring (bicyclic) bond motifs is 1. The van der Waals surface area contributed by atoms with E-state index in [9.17, 15) is 14.0 Å². The van der Waals surface area contributed by atoms with E-state index in [2.05, 4.69) is 17.0 Å². The van der Waals surface area contributed by atoms with Crippen molar-refractivity contribution in [3.63, 3.8) is 0 Å². The summed E-state index contributed by atoms with van der Waals surface area (Å²) in [5.41, 5.74) is 2.02. The van der Waals surface area contributed by atoms with Crippen molar-refractivity contribution in [2.75, 3.05) is 6.54 Å². The van der Waals surface area contributed by atoms with Gasteiger partial charge in [-0.1, -0.05) is 19.8 Å². The number of hydrogen-bond donors (Lipinski definition) is 1. The first-order chi connectivity index (χ1) is 14.9. The highest BCUT2D eigenvalue weighted by Gasteiger charge is 2.25. The van der Waals surface area contributed by atoms with E-state index < -0.39 is 11.8 Å². The molecule has 1 N–H and O–H groups in total. The van der Waals surface area contributed by atoms with Gasteiger partial charge >= 0.3 is 5.97 Å². The predicted molar refractivity (Wildman–Crippen MR) is 114 cm³/mol. The third-order valence-electron chi connectivity index (χ3n) is 5.89. The molecule has 8 heteroatoms. The number of hydrogen-bond acceptors (Lipinski definition) is 4. The second kappa shape index (κ2) is 8.45. The highest BCUT2D eigenvalue weighted by atomic mass is 19.1. The quantitative estimate of drug-likeness (QED) is 0.678. The maximum absolute atomic E-state index is 14.5. The first kappa shape index (κ1) is 21.0. The van der Waals surface area contributed by atoms with Gasteiger partial charge in [-0.05, 0) is 50.5 Å². The van der Waals surface area contributed by atoms with Crippen molar-refractivity contribution in [2.45, 2.75) is 52.0 Å². The van der Waals surface area contributed by atoms with E-state index in [-0.39, 0.29) is 23.1 Å². The van der Waals surface area contributed by atoms with Gasteiger partial charge in [-0.2, -0.15) is 5.10 Å². The molecular formula is C23H25FN4O3. The van der Waals surface area contributed by atoms with Crippen molar-refractivity contribution < 1.29 is 19.1 Å². The van der Waals surface area contributed by atoms with Crippen molar-refractivity contribution in [3.05, 3.63) is 53.1 Å². The Morgan fingerprint density at radius 3 is 2.71 bits per heavy atom. The molecule has 0 radical (unpaired) electrons. The minimum absolute atomic E-state index is 0.0914. The average Bonchev–Trinajstić information content (AvgIpc) is 3.06. The molecule has 3 aromatic rings. The average molecular weight is 424 g/mol. The van der Waals surface area contributed by atoms with Crippen molar-refractivity contribution in [1.29, 1.82) is 0 Å². The standard InChI is InChI=1S/C23H25FN4O3/c1-3-16-12-20(22(29)27-10-6-4-5-7-14(27)2)25-21-13-19(26-28(16)21)17-9-8-15(23(30)31)11-18(17)24/h8-9,11-14H,3-7,10H2,1-2H3,(H,30,31)/t14-/m1/s1. The predicted octanol–water partition coefficient (Wildman–Crippen LogP) is 4.20. The Hall–Kier alpha value is -3.29. The summed E-state index contributed by atoms with van der Waals surface area (Å²) in [5, 5.41) is 13.5. The lowest BCUT2D eigenvalue weighted by atomic mass is 10.1. The molecular weight excluding hydrogens is 399 g/mol. The summed E-state index contributed by atoms with van der Waals surface area (Å²) >= 11 is 0. The van der Waals surface area contributed by atoms with Gasteiger partial charge in [-0.3, -0.25) is 4.79 Å². The number of benzene rings is 1. The Balaban J connectivity index is 1.75. The number of likely N-dealkylation sites (tertiary alicyclic amines) is 1. The summed E-state index contributed by atoms with van der Waals surface area (Å²) in [4.78, 5) is 30.7. The number of carboxylic acid groups (broad SMARTS) is 1. The van der Waals surface area contributed by atoms with Crippen LogP contribution in [0.3, 0.4) is 0 Å². The molecule has 1 saturated heterocycles. The molecule has 1 aliphatic rings. The van der Waals surface area contributed by atoms with Gasteiger partial charge in [-0.15, -0.1) is 0 Å². The number of amides is 1. The van der Waals surface area contributed by atoms with Crippen molar-refractivity contribution >= 4 is 17.5 Å². The molecule has 2 aromatic heterocycles. The highest BCUT2D eigenvalue weighted by Crippen LogP contribution is 2.25. The molecule has 0 bridgehead atoms. The molecule has 0 spiro atoms. The summed E-state index contributed by atoms with van der Waals surface area (Å²) in [6.07, 6.45) is 4.84. The maximum atomic E-state index is 14.5. The molecule has 0 unspecified atom stereocenters. The zero-order valence-electron chi connectivity index (χ0n) is 17.6. The third-order valence-corrected chi connectivity index (χ3v) is 5.89. The lowest BCUT2D eigenvalue weighted by Crippen LogP contribution is -2.38. The zero-order valence-corrected chi connectivity index (χ0v) is 17.6. The van der Waals surface area contributed by atoms with Gasteiger partial charge in [0.05, 0.1) is 11.3 Å². The van der Waals surface area contributed by atoms with E-state index in [1.54, 1.807) is 16.6 Å². The SMILES string of the molecule is CCc1cc(C(=O)N2CCCCC[C@H]2C)nc2cc(-c3ccc(C(=O)O)cc3F)nn12. The van der Waals surface area contributed by atoms with E-state index >= 15 is 0 Å². The molecule has 162 valence electrons. The lowest BCUT2D eigenvalue weighted by Gasteiger charge is -2.27. The normalized spacial score (nSPS) is 17.0. The molecule has 0 saturated carbocycles. The van der Waals surface area contributed by atoms with Crippen molar-refractivity contribution in [3.8, 4) is 11.3 Å². The van der Waals surface area contributed by atoms with Gasteiger partial charge in [-0.25, -0.2) is 18.7 Å². The molecule has 1 aliphatic heterocycles. The van der Waals surface area contributed by atoms with Crippen LogP contribution in [-0.2, 0) is 6.42 Å². The smallest absolute Gasteiger partial charge is 0.335 e. The third kappa shape index (κ3) is 4.02. The zero-order chi connectivity index (χ0) is 22.1. The van der Waals surface area contributed by atoms with Gasteiger partial charge < -0.3 is 10.0 Å². The van der Waals surface area contributed by atoms with Crippen LogP contribution in [0.25, 0.3) is 16.9 Å². The highest BCUT2D eigenvalue weighted by molar-refractivity contribution is 5.93. The number of aromatic nitrogens is 3. The van der Waals surface area contributed by atoms with Crippen LogP contribution >= 0.6 is 0 Å². The minimum atomic E-state index is -1.19. The number of aromatic carboxylic acids is 1. The van der Waals surface area contributed by atoms with E-state index in [0.29, 0.717) is 23.5 Å². The Morgan fingerprint density at radius 1 is 1.19 bits per heavy atom. The fraction of sp³-hybridized carbons (Fsp3) is 0.391. The van der Waals surface area contributed by atoms with Gasteiger partial charge in [0.25, 0.3) is 5.91 Å². The number of nitrogens with zero attached hydrogens (tertiary/aromatic N) is 4. The number of rotatable bonds is 4. The fourth-order valence-electron chi connectivity index (χ4n) is 4.11. The largest absolute Gasteiger partial charge is 0.478 e. The molecule has 7 nitrogen and oxygen atoms in total. The Bertz CT molecular complexity index is 1160. The van der Waals surface area contributed by atoms with E-state index in [1.165, 1.54) is 12.1 Å². The number of carboxylic acids is 1. The molecule has 1 amide bonds. The van der Waals surface area contributed by atoms with Crippen LogP contribution in [0.5, 0.6) is 0 Å². The number of halogens is 1.